The van der Waals surface area contributed by atoms with Crippen LogP contribution in [0, 0.1) is 5.92 Å². The normalized spacial score (nSPS) is 29.3. The molecule has 0 bridgehead atoms. The first-order valence-corrected chi connectivity index (χ1v) is 10.3. The highest BCUT2D eigenvalue weighted by Crippen LogP contribution is 2.39. The van der Waals surface area contributed by atoms with Gasteiger partial charge >= 0.3 is 5.97 Å². The Morgan fingerprint density at radius 1 is 1.28 bits per heavy atom. The first-order chi connectivity index (χ1) is 12.1. The monoisotopic (exact) mass is 362 g/mol. The molecular weight excluding hydrogens is 336 g/mol. The van der Waals surface area contributed by atoms with Crippen molar-refractivity contribution in [1.82, 2.24) is 9.80 Å². The second kappa shape index (κ2) is 7.08. The maximum atomic E-state index is 12.7. The molecule has 5 nitrogen and oxygen atoms in total. The van der Waals surface area contributed by atoms with E-state index in [4.69, 9.17) is 0 Å². The molecule has 1 saturated carbocycles. The molecule has 1 N–H and O–H groups in total. The largest absolute Gasteiger partial charge is 0.480 e. The summed E-state index contributed by atoms with van der Waals surface area (Å²) in [5.74, 6) is -0.0451. The molecule has 3 unspecified atom stereocenters. The van der Waals surface area contributed by atoms with E-state index in [1.54, 1.807) is 11.3 Å². The molecule has 3 atom stereocenters. The quantitative estimate of drug-likeness (QED) is 0.895. The van der Waals surface area contributed by atoms with Gasteiger partial charge in [0.25, 0.3) is 0 Å². The molecule has 4 rings (SSSR count). The van der Waals surface area contributed by atoms with E-state index in [0.29, 0.717) is 31.5 Å². The number of aliphatic carboxylic acids is 1. The van der Waals surface area contributed by atoms with E-state index < -0.39 is 12.0 Å². The summed E-state index contributed by atoms with van der Waals surface area (Å²) in [6.07, 6.45) is 6.78. The second-order valence-electron chi connectivity index (χ2n) is 7.62. The fraction of sp³-hybridized carbons (Fsp3) is 0.684. The molecule has 1 aromatic heterocycles. The van der Waals surface area contributed by atoms with E-state index in [1.807, 2.05) is 4.90 Å². The average Bonchev–Trinajstić information content (AvgIpc) is 3.23. The number of rotatable bonds is 4. The Kier molecular flexibility index (Phi) is 4.82. The maximum absolute atomic E-state index is 12.7. The molecular formula is C19H26N2O3S. The van der Waals surface area contributed by atoms with E-state index in [9.17, 15) is 14.7 Å². The van der Waals surface area contributed by atoms with Crippen LogP contribution < -0.4 is 0 Å². The highest BCUT2D eigenvalue weighted by molar-refractivity contribution is 7.10. The molecule has 0 spiro atoms. The SMILES string of the molecule is O=C(O)C1CC2CCCCC2N1CCC(=O)N1CCc2sccc2C1. The number of carboxylic acid groups (broad SMARTS) is 1. The van der Waals surface area contributed by atoms with Gasteiger partial charge < -0.3 is 10.0 Å². The Morgan fingerprint density at radius 2 is 2.12 bits per heavy atom. The average molecular weight is 362 g/mol. The summed E-state index contributed by atoms with van der Waals surface area (Å²) >= 11 is 1.78. The Labute approximate surface area is 152 Å². The van der Waals surface area contributed by atoms with Crippen molar-refractivity contribution in [3.63, 3.8) is 0 Å². The van der Waals surface area contributed by atoms with Crippen molar-refractivity contribution in [3.05, 3.63) is 21.9 Å². The number of nitrogens with zero attached hydrogens (tertiary/aromatic N) is 2. The highest BCUT2D eigenvalue weighted by Gasteiger charge is 2.45. The molecule has 136 valence electrons. The predicted molar refractivity (Wildman–Crippen MR) is 96.5 cm³/mol. The lowest BCUT2D eigenvalue weighted by molar-refractivity contribution is -0.143. The Morgan fingerprint density at radius 3 is 2.96 bits per heavy atom. The summed E-state index contributed by atoms with van der Waals surface area (Å²) in [5, 5.41) is 11.7. The first-order valence-electron chi connectivity index (χ1n) is 9.45. The van der Waals surface area contributed by atoms with Crippen LogP contribution in [0.3, 0.4) is 0 Å². The minimum absolute atomic E-state index is 0.167. The van der Waals surface area contributed by atoms with Crippen molar-refractivity contribution in [2.24, 2.45) is 5.92 Å². The molecule has 1 amide bonds. The minimum Gasteiger partial charge on any atom is -0.480 e. The Hall–Kier alpha value is -1.40. The fourth-order valence-electron chi connectivity index (χ4n) is 4.96. The van der Waals surface area contributed by atoms with Crippen molar-refractivity contribution >= 4 is 23.2 Å². The summed E-state index contributed by atoms with van der Waals surface area (Å²) in [5.41, 5.74) is 1.28. The summed E-state index contributed by atoms with van der Waals surface area (Å²) in [4.78, 5) is 29.8. The number of likely N-dealkylation sites (tertiary alicyclic amines) is 1. The number of hydrogen-bond donors (Lipinski definition) is 1. The third-order valence-electron chi connectivity index (χ3n) is 6.25. The van der Waals surface area contributed by atoms with Crippen molar-refractivity contribution in [2.45, 2.75) is 63.6 Å². The molecule has 6 heteroatoms. The molecule has 1 aromatic rings. The van der Waals surface area contributed by atoms with Crippen LogP contribution in [0.15, 0.2) is 11.4 Å². The Bertz CT molecular complexity index is 659. The third-order valence-corrected chi connectivity index (χ3v) is 7.27. The first kappa shape index (κ1) is 17.0. The lowest BCUT2D eigenvalue weighted by Crippen LogP contribution is -2.44. The van der Waals surface area contributed by atoms with Gasteiger partial charge in [-0.25, -0.2) is 0 Å². The van der Waals surface area contributed by atoms with E-state index in [2.05, 4.69) is 16.3 Å². The molecule has 1 saturated heterocycles. The lowest BCUT2D eigenvalue weighted by Gasteiger charge is -2.33. The summed E-state index contributed by atoms with van der Waals surface area (Å²) < 4.78 is 0. The molecule has 0 radical (unpaired) electrons. The number of hydrogen-bond acceptors (Lipinski definition) is 4. The van der Waals surface area contributed by atoms with Crippen LogP contribution in [-0.4, -0.2) is 52.0 Å². The summed E-state index contributed by atoms with van der Waals surface area (Å²) in [6, 6.07) is 2.09. The van der Waals surface area contributed by atoms with Crippen molar-refractivity contribution in [2.75, 3.05) is 13.1 Å². The zero-order chi connectivity index (χ0) is 17.4. The van der Waals surface area contributed by atoms with Crippen LogP contribution in [-0.2, 0) is 22.6 Å². The summed E-state index contributed by atoms with van der Waals surface area (Å²) in [7, 11) is 0. The van der Waals surface area contributed by atoms with Crippen molar-refractivity contribution in [1.29, 1.82) is 0 Å². The molecule has 1 aliphatic carbocycles. The van der Waals surface area contributed by atoms with Crippen LogP contribution in [0.5, 0.6) is 0 Å². The van der Waals surface area contributed by atoms with Crippen LogP contribution in [0.2, 0.25) is 0 Å². The second-order valence-corrected chi connectivity index (χ2v) is 8.62. The smallest absolute Gasteiger partial charge is 0.320 e. The number of carbonyl (C=O) groups excluding carboxylic acids is 1. The number of amides is 1. The molecule has 3 aliphatic rings. The van der Waals surface area contributed by atoms with Gasteiger partial charge in [-0.3, -0.25) is 14.5 Å². The van der Waals surface area contributed by atoms with Gasteiger partial charge in [0, 0.05) is 37.0 Å². The van der Waals surface area contributed by atoms with Crippen LogP contribution >= 0.6 is 11.3 Å². The topological polar surface area (TPSA) is 60.9 Å². The van der Waals surface area contributed by atoms with Crippen molar-refractivity contribution in [3.8, 4) is 0 Å². The molecule has 2 fully saturated rings. The zero-order valence-electron chi connectivity index (χ0n) is 14.5. The number of thiophene rings is 1. The van der Waals surface area contributed by atoms with Gasteiger partial charge in [-0.1, -0.05) is 12.8 Å². The molecule has 25 heavy (non-hydrogen) atoms. The van der Waals surface area contributed by atoms with Crippen LogP contribution in [0.1, 0.15) is 49.0 Å². The Balaban J connectivity index is 1.38. The van der Waals surface area contributed by atoms with Gasteiger partial charge in [0.05, 0.1) is 0 Å². The number of carbonyl (C=O) groups is 2. The van der Waals surface area contributed by atoms with Gasteiger partial charge in [0.15, 0.2) is 0 Å². The van der Waals surface area contributed by atoms with Gasteiger partial charge in [-0.05, 0) is 48.6 Å². The lowest BCUT2D eigenvalue weighted by atomic mass is 9.85. The van der Waals surface area contributed by atoms with E-state index in [0.717, 1.165) is 32.2 Å². The van der Waals surface area contributed by atoms with Crippen molar-refractivity contribution < 1.29 is 14.7 Å². The predicted octanol–water partition coefficient (Wildman–Crippen LogP) is 2.74. The summed E-state index contributed by atoms with van der Waals surface area (Å²) in [6.45, 7) is 2.09. The van der Waals surface area contributed by atoms with E-state index in [1.165, 1.54) is 23.3 Å². The number of fused-ring (bicyclic) bond motifs is 2. The maximum Gasteiger partial charge on any atom is 0.320 e. The molecule has 0 aromatic carbocycles. The van der Waals surface area contributed by atoms with E-state index in [-0.39, 0.29) is 5.91 Å². The number of carboxylic acids is 1. The van der Waals surface area contributed by atoms with E-state index >= 15 is 0 Å². The zero-order valence-corrected chi connectivity index (χ0v) is 15.3. The van der Waals surface area contributed by atoms with Gasteiger partial charge in [-0.15, -0.1) is 11.3 Å². The highest BCUT2D eigenvalue weighted by atomic mass is 32.1. The molecule has 3 heterocycles. The fourth-order valence-corrected chi connectivity index (χ4v) is 5.85. The van der Waals surface area contributed by atoms with Gasteiger partial charge in [0.1, 0.15) is 6.04 Å². The van der Waals surface area contributed by atoms with Crippen LogP contribution in [0.4, 0.5) is 0 Å². The van der Waals surface area contributed by atoms with Gasteiger partial charge in [-0.2, -0.15) is 0 Å². The standard InChI is InChI=1S/C19H26N2O3S/c22-18(20-8-5-17-14(12-20)7-10-25-17)6-9-21-15-4-2-1-3-13(15)11-16(21)19(23)24/h7,10,13,15-16H,1-6,8-9,11-12H2,(H,23,24). The minimum atomic E-state index is -0.720. The third kappa shape index (κ3) is 3.34. The van der Waals surface area contributed by atoms with Crippen LogP contribution in [0.25, 0.3) is 0 Å². The van der Waals surface area contributed by atoms with Gasteiger partial charge in [0.2, 0.25) is 5.91 Å². The molecule has 2 aliphatic heterocycles.